The maximum atomic E-state index is 12.7. The van der Waals surface area contributed by atoms with Crippen LogP contribution in [0.4, 0.5) is 58.4 Å². The van der Waals surface area contributed by atoms with Gasteiger partial charge in [0.05, 0.1) is 60.3 Å². The predicted octanol–water partition coefficient (Wildman–Crippen LogP) is 1.05. The van der Waals surface area contributed by atoms with Gasteiger partial charge in [0.15, 0.2) is 0 Å². The van der Waals surface area contributed by atoms with Gasteiger partial charge in [-0.2, -0.15) is 38.6 Å². The van der Waals surface area contributed by atoms with Crippen molar-refractivity contribution in [2.24, 2.45) is 0 Å². The van der Waals surface area contributed by atoms with Crippen molar-refractivity contribution in [1.82, 2.24) is 29.9 Å². The normalized spacial score (nSPS) is 11.7. The molecule has 0 atom stereocenters. The number of hydrogen-bond acceptors (Lipinski definition) is 30. The minimum atomic E-state index is -5.16. The number of rotatable bonds is 28. The molecule has 6 rings (SSSR count). The van der Waals surface area contributed by atoms with Crippen LogP contribution < -0.4 is 41.6 Å². The summed E-state index contributed by atoms with van der Waals surface area (Å²) in [6.07, 6.45) is 2.74. The quantitative estimate of drug-likeness (QED) is 0.0112. The van der Waals surface area contributed by atoms with Crippen LogP contribution in [0.1, 0.15) is 11.1 Å². The van der Waals surface area contributed by atoms with E-state index in [1.807, 2.05) is 0 Å². The summed E-state index contributed by atoms with van der Waals surface area (Å²) in [5.74, 6) is -0.309. The molecule has 384 valence electrons. The van der Waals surface area contributed by atoms with Gasteiger partial charge in [0, 0.05) is 58.7 Å². The number of hydrogen-bond donors (Lipinski definition) is 8. The number of benzene rings is 4. The van der Waals surface area contributed by atoms with Crippen LogP contribution in [-0.2, 0) is 39.0 Å². The first-order chi connectivity index (χ1) is 34.6. The fourth-order valence-electron chi connectivity index (χ4n) is 6.23. The maximum absolute atomic E-state index is 12.7. The zero-order valence-electron chi connectivity index (χ0n) is 36.8. The molecular weight excluding hydrogens is 1030 g/mol. The highest BCUT2D eigenvalue weighted by Gasteiger charge is 2.18. The van der Waals surface area contributed by atoms with E-state index < -0.39 is 30.0 Å². The predicted molar refractivity (Wildman–Crippen MR) is 252 cm³/mol. The molecule has 0 bridgehead atoms. The number of nitrogens with one attached hydrogen (secondary N) is 4. The van der Waals surface area contributed by atoms with Gasteiger partial charge >= 0.3 is 0 Å². The van der Waals surface area contributed by atoms with Gasteiger partial charge in [0.2, 0.25) is 35.7 Å². The van der Waals surface area contributed by atoms with Gasteiger partial charge in [-0.15, -0.1) is 0 Å². The summed E-state index contributed by atoms with van der Waals surface area (Å²) < 4.78 is 81.4. The lowest BCUT2D eigenvalue weighted by Gasteiger charge is -2.22. The average molecular weight is 1070 g/mol. The molecule has 6 aromatic rings. The first-order valence-electron chi connectivity index (χ1n) is 20.5. The second-order valence-corrected chi connectivity index (χ2v) is 18.4. The number of aliphatic hydroxyl groups excluding tert-OH is 4. The summed E-state index contributed by atoms with van der Waals surface area (Å²) in [4.78, 5) is 28.8. The van der Waals surface area contributed by atoms with Crippen molar-refractivity contribution in [3.8, 4) is 0 Å². The third kappa shape index (κ3) is 16.0. The van der Waals surface area contributed by atoms with E-state index in [4.69, 9.17) is 0 Å². The van der Waals surface area contributed by atoms with Crippen molar-refractivity contribution in [2.45, 2.75) is 19.6 Å². The molecule has 0 aliphatic heterocycles. The molecule has 0 aliphatic rings. The summed E-state index contributed by atoms with van der Waals surface area (Å²) >= 11 is 1.15. The number of nitrogens with zero attached hydrogens (tertiary/aromatic N) is 8. The van der Waals surface area contributed by atoms with Gasteiger partial charge in [-0.25, -0.2) is 16.8 Å². The van der Waals surface area contributed by atoms with Crippen molar-refractivity contribution in [2.75, 3.05) is 83.7 Å². The van der Waals surface area contributed by atoms with E-state index in [0.717, 1.165) is 18.2 Å². The SMILES string of the molecule is O=S(=O)([O-])c1ccc(Nc2nc(Nc3ccc(/C=C/c4ccc(Nc5nc(Nc6ccc(SOO[O-])cc6)nc(N(CCO)CCO)n5)cc4S(=O)(=O)[O-])c(SOO[O-])c3)nc(N(CCO)CCO)n2)cc1. The maximum Gasteiger partial charge on any atom is 0.233 e. The third-order valence-electron chi connectivity index (χ3n) is 9.36. The third-order valence-corrected chi connectivity index (χ3v) is 12.3. The lowest BCUT2D eigenvalue weighted by Crippen LogP contribution is -2.31. The van der Waals surface area contributed by atoms with Crippen molar-refractivity contribution < 1.29 is 75.6 Å². The molecule has 2 heterocycles. The summed E-state index contributed by atoms with van der Waals surface area (Å²) in [7, 11) is -9.88. The smallest absolute Gasteiger partial charge is 0.233 e. The van der Waals surface area contributed by atoms with E-state index in [0.29, 0.717) is 40.2 Å². The van der Waals surface area contributed by atoms with E-state index in [9.17, 15) is 56.9 Å². The first-order valence-corrected chi connectivity index (χ1v) is 24.8. The molecule has 0 fully saturated rings. The molecule has 0 aliphatic carbocycles. The minimum absolute atomic E-state index is 0.00132. The highest BCUT2D eigenvalue weighted by molar-refractivity contribution is 7.94. The van der Waals surface area contributed by atoms with E-state index in [-0.39, 0.29) is 116 Å². The molecule has 2 aromatic heterocycles. The fourth-order valence-corrected chi connectivity index (χ4v) is 8.26. The molecule has 0 unspecified atom stereocenters. The molecular formula is C40H40N12O16S4-4. The van der Waals surface area contributed by atoms with Crippen LogP contribution in [0.5, 0.6) is 0 Å². The van der Waals surface area contributed by atoms with Gasteiger partial charge in [-0.05, 0) is 83.9 Å². The van der Waals surface area contributed by atoms with E-state index in [2.05, 4.69) is 69.9 Å². The van der Waals surface area contributed by atoms with E-state index in [1.165, 1.54) is 58.4 Å². The zero-order chi connectivity index (χ0) is 51.7. The van der Waals surface area contributed by atoms with E-state index in [1.54, 1.807) is 30.3 Å². The van der Waals surface area contributed by atoms with Crippen LogP contribution in [0.15, 0.2) is 105 Å². The highest BCUT2D eigenvalue weighted by atomic mass is 32.2. The summed E-state index contributed by atoms with van der Waals surface area (Å²) in [5, 5.41) is 78.5. The Morgan fingerprint density at radius 3 is 1.36 bits per heavy atom. The minimum Gasteiger partial charge on any atom is -0.744 e. The largest absolute Gasteiger partial charge is 0.744 e. The first kappa shape index (κ1) is 54.9. The second kappa shape index (κ2) is 26.3. The number of anilines is 10. The molecule has 0 saturated heterocycles. The molecule has 8 N–H and O–H groups in total. The van der Waals surface area contributed by atoms with Gasteiger partial charge in [-0.1, -0.05) is 24.3 Å². The van der Waals surface area contributed by atoms with Crippen molar-refractivity contribution in [3.05, 3.63) is 96.1 Å². The molecule has 0 amide bonds. The molecule has 0 radical (unpaired) electrons. The monoisotopic (exact) mass is 1070 g/mol. The average Bonchev–Trinajstić information content (AvgIpc) is 3.35. The van der Waals surface area contributed by atoms with Gasteiger partial charge in [-0.3, -0.25) is 10.1 Å². The Morgan fingerprint density at radius 1 is 0.514 bits per heavy atom. The van der Waals surface area contributed by atoms with Crippen LogP contribution in [-0.4, -0.2) is 129 Å². The zero-order valence-corrected chi connectivity index (χ0v) is 40.1. The molecule has 72 heavy (non-hydrogen) atoms. The van der Waals surface area contributed by atoms with Gasteiger partial charge < -0.3 is 71.1 Å². The summed E-state index contributed by atoms with van der Waals surface area (Å²) in [5.41, 5.74) is 1.37. The highest BCUT2D eigenvalue weighted by Crippen LogP contribution is 2.32. The standard InChI is InChI=1S/C40H44N12O16S4/c53-19-15-51(16-20-54)39-48-36(42-28-9-13-32(14-10-28)71(59,60)61)45-37(49-39)43-29-5-3-25(33(23-29)70-68-66-58)1-2-26-4-6-30(24-34(26)72(62,63)64)44-38-46-35(47-40(50-38)52(17-21-55)18-22-56)41-27-7-11-31(12-8-27)69-67-65-57/h1-14,23-24,53-58H,15-22H2,(H,59,60,61)(H,62,63,64)(H2,41,44,46,47,50)(H2,42,43,45,48,49)/p-4/b2-1+. The van der Waals surface area contributed by atoms with Crippen LogP contribution in [0.3, 0.4) is 0 Å². The van der Waals surface area contributed by atoms with Crippen LogP contribution in [0.25, 0.3) is 12.2 Å². The molecule has 32 heteroatoms. The number of aromatic nitrogens is 6. The lowest BCUT2D eigenvalue weighted by atomic mass is 10.1. The van der Waals surface area contributed by atoms with Crippen molar-refractivity contribution in [1.29, 1.82) is 0 Å². The summed E-state index contributed by atoms with van der Waals surface area (Å²) in [6.45, 7) is -1.26. The van der Waals surface area contributed by atoms with Gasteiger partial charge in [0.1, 0.15) is 20.2 Å². The molecule has 28 nitrogen and oxygen atoms in total. The van der Waals surface area contributed by atoms with Gasteiger partial charge in [0.25, 0.3) is 0 Å². The van der Waals surface area contributed by atoms with Crippen molar-refractivity contribution in [3.63, 3.8) is 0 Å². The van der Waals surface area contributed by atoms with Crippen LogP contribution >= 0.6 is 24.1 Å². The van der Waals surface area contributed by atoms with Crippen LogP contribution in [0, 0.1) is 0 Å². The Hall–Kier alpha value is -6.44. The number of aliphatic hydroxyl groups is 4. The van der Waals surface area contributed by atoms with E-state index >= 15 is 0 Å². The second-order valence-electron chi connectivity index (χ2n) is 14.2. The van der Waals surface area contributed by atoms with Crippen LogP contribution in [0.2, 0.25) is 0 Å². The molecule has 0 spiro atoms. The Kier molecular flexibility index (Phi) is 20.1. The Labute approximate surface area is 418 Å². The Balaban J connectivity index is 1.29. The Morgan fingerprint density at radius 2 is 0.917 bits per heavy atom. The molecule has 4 aromatic carbocycles. The van der Waals surface area contributed by atoms with Crippen molar-refractivity contribution >= 4 is 115 Å². The lowest BCUT2D eigenvalue weighted by molar-refractivity contribution is -0.777. The topological polar surface area (TPSA) is 410 Å². The fraction of sp³-hybridized carbons (Fsp3) is 0.200. The molecule has 0 saturated carbocycles. The Bertz CT molecular complexity index is 2990. The summed E-state index contributed by atoms with van der Waals surface area (Å²) in [6, 6.07) is 19.6.